The van der Waals surface area contributed by atoms with Gasteiger partial charge in [0.1, 0.15) is 24.7 Å². The lowest BCUT2D eigenvalue weighted by Crippen LogP contribution is -2.15. The van der Waals surface area contributed by atoms with E-state index >= 15 is 0 Å². The van der Waals surface area contributed by atoms with Gasteiger partial charge in [-0.2, -0.15) is 0 Å². The van der Waals surface area contributed by atoms with E-state index in [2.05, 4.69) is 12.2 Å². The van der Waals surface area contributed by atoms with E-state index in [9.17, 15) is 0 Å². The largest absolute Gasteiger partial charge is 0.486 e. The summed E-state index contributed by atoms with van der Waals surface area (Å²) in [7, 11) is 0. The topological polar surface area (TPSA) is 43.6 Å². The first kappa shape index (κ1) is 12.1. The average molecular weight is 259 g/mol. The molecule has 4 nitrogen and oxygen atoms in total. The van der Waals surface area contributed by atoms with Gasteiger partial charge in [-0.3, -0.25) is 0 Å². The van der Waals surface area contributed by atoms with Crippen molar-refractivity contribution in [2.45, 2.75) is 13.5 Å². The van der Waals surface area contributed by atoms with Gasteiger partial charge in [0.15, 0.2) is 11.5 Å². The van der Waals surface area contributed by atoms with E-state index in [0.717, 1.165) is 41.7 Å². The highest BCUT2D eigenvalue weighted by Gasteiger charge is 2.13. The summed E-state index contributed by atoms with van der Waals surface area (Å²) < 4.78 is 16.9. The molecule has 0 aliphatic carbocycles. The molecule has 0 saturated heterocycles. The zero-order valence-corrected chi connectivity index (χ0v) is 10.9. The minimum absolute atomic E-state index is 0.597. The van der Waals surface area contributed by atoms with Crippen LogP contribution in [0.25, 0.3) is 11.3 Å². The number of nitrogens with one attached hydrogen (secondary N) is 1. The summed E-state index contributed by atoms with van der Waals surface area (Å²) in [6.45, 7) is 4.96. The molecule has 4 heteroatoms. The van der Waals surface area contributed by atoms with Crippen LogP contribution >= 0.6 is 0 Å². The van der Waals surface area contributed by atoms with Crippen LogP contribution in [-0.2, 0) is 6.54 Å². The van der Waals surface area contributed by atoms with E-state index in [1.165, 1.54) is 0 Å². The zero-order chi connectivity index (χ0) is 13.1. The summed E-state index contributed by atoms with van der Waals surface area (Å²) in [6, 6.07) is 9.86. The number of hydrogen-bond acceptors (Lipinski definition) is 4. The molecule has 1 aromatic carbocycles. The number of fused-ring (bicyclic) bond motifs is 1. The molecule has 1 N–H and O–H groups in total. The lowest BCUT2D eigenvalue weighted by atomic mass is 10.1. The summed E-state index contributed by atoms with van der Waals surface area (Å²) in [5, 5.41) is 3.24. The van der Waals surface area contributed by atoms with Crippen molar-refractivity contribution >= 4 is 0 Å². The zero-order valence-electron chi connectivity index (χ0n) is 10.9. The molecular formula is C15H17NO3. The maximum atomic E-state index is 5.80. The van der Waals surface area contributed by atoms with Gasteiger partial charge in [-0.1, -0.05) is 6.92 Å². The van der Waals surface area contributed by atoms with E-state index < -0.39 is 0 Å². The monoisotopic (exact) mass is 259 g/mol. The summed E-state index contributed by atoms with van der Waals surface area (Å²) in [5.41, 5.74) is 1.01. The molecule has 0 unspecified atom stereocenters. The Morgan fingerprint density at radius 1 is 1.05 bits per heavy atom. The molecule has 0 radical (unpaired) electrons. The number of ether oxygens (including phenoxy) is 2. The average Bonchev–Trinajstić information content (AvgIpc) is 2.93. The fourth-order valence-electron chi connectivity index (χ4n) is 2.07. The smallest absolute Gasteiger partial charge is 0.162 e. The number of rotatable bonds is 4. The van der Waals surface area contributed by atoms with Crippen LogP contribution in [0.4, 0.5) is 0 Å². The summed E-state index contributed by atoms with van der Waals surface area (Å²) in [6.07, 6.45) is 0. The first-order valence-corrected chi connectivity index (χ1v) is 6.56. The van der Waals surface area contributed by atoms with Gasteiger partial charge in [0.05, 0.1) is 6.54 Å². The lowest BCUT2D eigenvalue weighted by Gasteiger charge is -2.18. The summed E-state index contributed by atoms with van der Waals surface area (Å²) in [5.74, 6) is 3.37. The van der Waals surface area contributed by atoms with Crippen LogP contribution in [0.15, 0.2) is 34.7 Å². The third-order valence-electron chi connectivity index (χ3n) is 3.04. The molecule has 0 atom stereocenters. The molecule has 1 aliphatic heterocycles. The Morgan fingerprint density at radius 3 is 2.74 bits per heavy atom. The van der Waals surface area contributed by atoms with E-state index in [-0.39, 0.29) is 0 Å². The second-order valence-electron chi connectivity index (χ2n) is 4.40. The summed E-state index contributed by atoms with van der Waals surface area (Å²) in [4.78, 5) is 0. The SMILES string of the molecule is CCNCc1ccc(-c2ccc3c(c2)OCCO3)o1. The Morgan fingerprint density at radius 2 is 1.89 bits per heavy atom. The molecule has 1 aromatic heterocycles. The lowest BCUT2D eigenvalue weighted by molar-refractivity contribution is 0.171. The van der Waals surface area contributed by atoms with Crippen LogP contribution < -0.4 is 14.8 Å². The molecular weight excluding hydrogens is 242 g/mol. The van der Waals surface area contributed by atoms with Crippen molar-refractivity contribution < 1.29 is 13.9 Å². The van der Waals surface area contributed by atoms with Gasteiger partial charge < -0.3 is 19.2 Å². The van der Waals surface area contributed by atoms with Crippen LogP contribution in [0, 0.1) is 0 Å². The Balaban J connectivity index is 1.83. The fraction of sp³-hybridized carbons (Fsp3) is 0.333. The third-order valence-corrected chi connectivity index (χ3v) is 3.04. The first-order chi connectivity index (χ1) is 9.36. The second kappa shape index (κ2) is 5.36. The van der Waals surface area contributed by atoms with Crippen molar-refractivity contribution in [1.29, 1.82) is 0 Å². The Hall–Kier alpha value is -1.94. The molecule has 0 bridgehead atoms. The molecule has 0 amide bonds. The first-order valence-electron chi connectivity index (χ1n) is 6.56. The van der Waals surface area contributed by atoms with Crippen molar-refractivity contribution in [3.8, 4) is 22.8 Å². The van der Waals surface area contributed by atoms with Gasteiger partial charge in [0.2, 0.25) is 0 Å². The third kappa shape index (κ3) is 2.58. The maximum absolute atomic E-state index is 5.80. The van der Waals surface area contributed by atoms with E-state index in [4.69, 9.17) is 13.9 Å². The van der Waals surface area contributed by atoms with E-state index in [1.807, 2.05) is 30.3 Å². The van der Waals surface area contributed by atoms with Crippen LogP contribution in [-0.4, -0.2) is 19.8 Å². The van der Waals surface area contributed by atoms with Crippen molar-refractivity contribution in [2.75, 3.05) is 19.8 Å². The fourth-order valence-corrected chi connectivity index (χ4v) is 2.07. The quantitative estimate of drug-likeness (QED) is 0.917. The highest BCUT2D eigenvalue weighted by Crippen LogP contribution is 2.34. The minimum Gasteiger partial charge on any atom is -0.486 e. The number of benzene rings is 1. The van der Waals surface area contributed by atoms with E-state index in [0.29, 0.717) is 13.2 Å². The van der Waals surface area contributed by atoms with Crippen LogP contribution in [0.2, 0.25) is 0 Å². The molecule has 3 rings (SSSR count). The number of furan rings is 1. The Kier molecular flexibility index (Phi) is 3.42. The predicted octanol–water partition coefficient (Wildman–Crippen LogP) is 2.83. The van der Waals surface area contributed by atoms with Crippen LogP contribution in [0.5, 0.6) is 11.5 Å². The van der Waals surface area contributed by atoms with Gasteiger partial charge in [-0.25, -0.2) is 0 Å². The van der Waals surface area contributed by atoms with Crippen molar-refractivity contribution in [3.05, 3.63) is 36.1 Å². The Bertz CT molecular complexity index is 562. The second-order valence-corrected chi connectivity index (χ2v) is 4.40. The van der Waals surface area contributed by atoms with Crippen LogP contribution in [0.3, 0.4) is 0 Å². The van der Waals surface area contributed by atoms with Gasteiger partial charge in [0.25, 0.3) is 0 Å². The highest BCUT2D eigenvalue weighted by atomic mass is 16.6. The van der Waals surface area contributed by atoms with Crippen molar-refractivity contribution in [1.82, 2.24) is 5.32 Å². The number of hydrogen-bond donors (Lipinski definition) is 1. The van der Waals surface area contributed by atoms with E-state index in [1.54, 1.807) is 0 Å². The van der Waals surface area contributed by atoms with Gasteiger partial charge >= 0.3 is 0 Å². The molecule has 100 valence electrons. The molecule has 0 saturated carbocycles. The molecule has 1 aliphatic rings. The standard InChI is InChI=1S/C15H17NO3/c1-2-16-10-12-4-6-13(19-12)11-3-5-14-15(9-11)18-8-7-17-14/h3-6,9,16H,2,7-8,10H2,1H3. The summed E-state index contributed by atoms with van der Waals surface area (Å²) >= 11 is 0. The van der Waals surface area contributed by atoms with Gasteiger partial charge in [-0.15, -0.1) is 0 Å². The predicted molar refractivity (Wildman–Crippen MR) is 72.5 cm³/mol. The molecule has 2 heterocycles. The maximum Gasteiger partial charge on any atom is 0.162 e. The minimum atomic E-state index is 0.597. The van der Waals surface area contributed by atoms with Crippen LogP contribution in [0.1, 0.15) is 12.7 Å². The normalized spacial score (nSPS) is 13.5. The Labute approximate surface area is 112 Å². The van der Waals surface area contributed by atoms with Crippen molar-refractivity contribution in [3.63, 3.8) is 0 Å². The molecule has 19 heavy (non-hydrogen) atoms. The van der Waals surface area contributed by atoms with Crippen molar-refractivity contribution in [2.24, 2.45) is 0 Å². The molecule has 0 fully saturated rings. The van der Waals surface area contributed by atoms with Gasteiger partial charge in [-0.05, 0) is 36.9 Å². The molecule has 2 aromatic rings. The molecule has 0 spiro atoms. The van der Waals surface area contributed by atoms with Gasteiger partial charge in [0, 0.05) is 5.56 Å². The highest BCUT2D eigenvalue weighted by molar-refractivity contribution is 5.63.